The van der Waals surface area contributed by atoms with Crippen molar-refractivity contribution in [1.82, 2.24) is 14.8 Å². The molecule has 0 saturated carbocycles. The van der Waals surface area contributed by atoms with Crippen LogP contribution in [0.15, 0.2) is 23.4 Å². The number of aromatic nitrogens is 3. The average Bonchev–Trinajstić information content (AvgIpc) is 2.91. The Balaban J connectivity index is 2.11. The molecule has 1 aromatic heterocycles. The Morgan fingerprint density at radius 2 is 2.00 bits per heavy atom. The van der Waals surface area contributed by atoms with Gasteiger partial charge in [0, 0.05) is 12.0 Å². The summed E-state index contributed by atoms with van der Waals surface area (Å²) in [5.41, 5.74) is -0.151. The number of fused-ring (bicyclic) bond motifs is 1. The summed E-state index contributed by atoms with van der Waals surface area (Å²) in [5, 5.41) is 4.50. The zero-order valence-electron chi connectivity index (χ0n) is 9.98. The molecule has 3 rings (SSSR count). The molecule has 7 heteroatoms. The SMILES string of the molecule is CSc1nc2n(n1)[C@H](c1c(F)cccc1F)C[C@@H]2F. The fourth-order valence-corrected chi connectivity index (χ4v) is 2.67. The molecule has 2 atom stereocenters. The fraction of sp³-hybridized carbons (Fsp3) is 0.333. The molecule has 2 aromatic rings. The first-order valence-electron chi connectivity index (χ1n) is 5.70. The normalized spacial score (nSPS) is 21.7. The minimum atomic E-state index is -1.35. The van der Waals surface area contributed by atoms with Crippen LogP contribution in [0.2, 0.25) is 0 Å². The summed E-state index contributed by atoms with van der Waals surface area (Å²) in [4.78, 5) is 4.02. The van der Waals surface area contributed by atoms with Gasteiger partial charge in [-0.15, -0.1) is 5.10 Å². The molecule has 3 nitrogen and oxygen atoms in total. The van der Waals surface area contributed by atoms with Crippen LogP contribution in [0.25, 0.3) is 0 Å². The predicted molar refractivity (Wildman–Crippen MR) is 64.8 cm³/mol. The molecule has 0 radical (unpaired) electrons. The summed E-state index contributed by atoms with van der Waals surface area (Å²) < 4.78 is 42.7. The lowest BCUT2D eigenvalue weighted by Crippen LogP contribution is -2.11. The molecule has 100 valence electrons. The molecule has 2 heterocycles. The standard InChI is InChI=1S/C12H10F3N3S/c1-19-12-16-11-8(15)5-9(18(11)17-12)10-6(13)3-2-4-7(10)14/h2-4,8-9H,5H2,1H3/t8-,9-/m0/s1. The lowest BCUT2D eigenvalue weighted by atomic mass is 10.0. The highest BCUT2D eigenvalue weighted by atomic mass is 32.2. The first-order chi connectivity index (χ1) is 9.11. The second-order valence-electron chi connectivity index (χ2n) is 4.26. The molecule has 0 spiro atoms. The molecular formula is C12H10F3N3S. The molecule has 0 unspecified atom stereocenters. The van der Waals surface area contributed by atoms with Crippen LogP contribution in [0.5, 0.6) is 0 Å². The first-order valence-corrected chi connectivity index (χ1v) is 6.92. The van der Waals surface area contributed by atoms with Crippen molar-refractivity contribution >= 4 is 11.8 Å². The van der Waals surface area contributed by atoms with E-state index < -0.39 is 23.8 Å². The number of rotatable bonds is 2. The quantitative estimate of drug-likeness (QED) is 0.793. The molecule has 1 aliphatic rings. The fourth-order valence-electron chi connectivity index (χ4n) is 2.31. The van der Waals surface area contributed by atoms with Crippen molar-refractivity contribution in [3.8, 4) is 0 Å². The van der Waals surface area contributed by atoms with Gasteiger partial charge >= 0.3 is 0 Å². The van der Waals surface area contributed by atoms with Gasteiger partial charge in [-0.3, -0.25) is 0 Å². The number of nitrogens with zero attached hydrogens (tertiary/aromatic N) is 3. The Hall–Kier alpha value is -1.50. The second kappa shape index (κ2) is 4.56. The Kier molecular flexibility index (Phi) is 3.00. The van der Waals surface area contributed by atoms with Gasteiger partial charge < -0.3 is 0 Å². The number of hydrogen-bond donors (Lipinski definition) is 0. The van der Waals surface area contributed by atoms with Gasteiger partial charge in [0.1, 0.15) is 11.6 Å². The third-order valence-corrected chi connectivity index (χ3v) is 3.70. The van der Waals surface area contributed by atoms with Crippen molar-refractivity contribution in [2.45, 2.75) is 23.8 Å². The zero-order valence-corrected chi connectivity index (χ0v) is 10.8. The highest BCUT2D eigenvalue weighted by Crippen LogP contribution is 2.41. The minimum absolute atomic E-state index is 0.0398. The van der Waals surface area contributed by atoms with Gasteiger partial charge in [-0.25, -0.2) is 22.8 Å². The van der Waals surface area contributed by atoms with E-state index in [1.54, 1.807) is 6.26 Å². The van der Waals surface area contributed by atoms with E-state index in [-0.39, 0.29) is 17.8 Å². The molecular weight excluding hydrogens is 275 g/mol. The van der Waals surface area contributed by atoms with E-state index in [1.165, 1.54) is 22.5 Å². The number of benzene rings is 1. The highest BCUT2D eigenvalue weighted by molar-refractivity contribution is 7.98. The van der Waals surface area contributed by atoms with Crippen molar-refractivity contribution in [3.05, 3.63) is 41.2 Å². The maximum absolute atomic E-state index is 13.9. The van der Waals surface area contributed by atoms with E-state index in [4.69, 9.17) is 0 Å². The van der Waals surface area contributed by atoms with Crippen LogP contribution in [0, 0.1) is 11.6 Å². The number of thioether (sulfide) groups is 1. The lowest BCUT2D eigenvalue weighted by Gasteiger charge is -2.13. The molecule has 0 N–H and O–H groups in total. The Labute approximate surface area is 111 Å². The first kappa shape index (κ1) is 12.5. The monoisotopic (exact) mass is 285 g/mol. The van der Waals surface area contributed by atoms with Crippen molar-refractivity contribution in [1.29, 1.82) is 0 Å². The summed E-state index contributed by atoms with van der Waals surface area (Å²) in [7, 11) is 0. The molecule has 0 amide bonds. The maximum atomic E-state index is 13.9. The summed E-state index contributed by atoms with van der Waals surface area (Å²) >= 11 is 1.26. The number of hydrogen-bond acceptors (Lipinski definition) is 3. The Morgan fingerprint density at radius 1 is 1.32 bits per heavy atom. The minimum Gasteiger partial charge on any atom is -0.239 e. The van der Waals surface area contributed by atoms with Gasteiger partial charge in [-0.1, -0.05) is 17.8 Å². The van der Waals surface area contributed by atoms with E-state index in [9.17, 15) is 13.2 Å². The van der Waals surface area contributed by atoms with Crippen LogP contribution in [-0.2, 0) is 0 Å². The predicted octanol–water partition coefficient (Wildman–Crippen LogP) is 3.28. The van der Waals surface area contributed by atoms with E-state index in [0.29, 0.717) is 5.16 Å². The molecule has 0 fully saturated rings. The smallest absolute Gasteiger partial charge is 0.208 e. The van der Waals surface area contributed by atoms with Crippen LogP contribution >= 0.6 is 11.8 Å². The van der Waals surface area contributed by atoms with E-state index >= 15 is 0 Å². The summed E-state index contributed by atoms with van der Waals surface area (Å²) in [6, 6.07) is 2.83. The van der Waals surface area contributed by atoms with E-state index in [0.717, 1.165) is 12.1 Å². The third-order valence-electron chi connectivity index (χ3n) is 3.16. The zero-order chi connectivity index (χ0) is 13.6. The number of halogens is 3. The lowest BCUT2D eigenvalue weighted by molar-refractivity contribution is 0.323. The van der Waals surface area contributed by atoms with Gasteiger partial charge in [0.15, 0.2) is 12.0 Å². The number of alkyl halides is 1. The average molecular weight is 285 g/mol. The highest BCUT2D eigenvalue weighted by Gasteiger charge is 2.37. The van der Waals surface area contributed by atoms with Crippen molar-refractivity contribution in [2.24, 2.45) is 0 Å². The largest absolute Gasteiger partial charge is 0.239 e. The van der Waals surface area contributed by atoms with Gasteiger partial charge in [-0.2, -0.15) is 0 Å². The summed E-state index contributed by atoms with van der Waals surface area (Å²) in [6.07, 6.45) is 0.371. The topological polar surface area (TPSA) is 30.7 Å². The second-order valence-corrected chi connectivity index (χ2v) is 5.03. The Bertz CT molecular complexity index is 608. The van der Waals surface area contributed by atoms with E-state index in [2.05, 4.69) is 10.1 Å². The van der Waals surface area contributed by atoms with Gasteiger partial charge in [0.05, 0.1) is 6.04 Å². The van der Waals surface area contributed by atoms with Gasteiger partial charge in [-0.05, 0) is 18.4 Å². The van der Waals surface area contributed by atoms with Crippen LogP contribution in [0.1, 0.15) is 30.0 Å². The Morgan fingerprint density at radius 3 is 2.63 bits per heavy atom. The van der Waals surface area contributed by atoms with Crippen LogP contribution < -0.4 is 0 Å². The molecule has 1 aliphatic heterocycles. The molecule has 0 bridgehead atoms. The molecule has 0 aliphatic carbocycles. The maximum Gasteiger partial charge on any atom is 0.208 e. The molecule has 1 aromatic carbocycles. The van der Waals surface area contributed by atoms with Gasteiger partial charge in [0.2, 0.25) is 5.16 Å². The van der Waals surface area contributed by atoms with Crippen LogP contribution in [0.4, 0.5) is 13.2 Å². The van der Waals surface area contributed by atoms with Crippen LogP contribution in [0.3, 0.4) is 0 Å². The van der Waals surface area contributed by atoms with E-state index in [1.807, 2.05) is 0 Å². The van der Waals surface area contributed by atoms with Gasteiger partial charge in [0.25, 0.3) is 0 Å². The molecule has 0 saturated heterocycles. The van der Waals surface area contributed by atoms with Crippen molar-refractivity contribution in [3.63, 3.8) is 0 Å². The third kappa shape index (κ3) is 1.92. The molecule has 19 heavy (non-hydrogen) atoms. The van der Waals surface area contributed by atoms with Crippen molar-refractivity contribution < 1.29 is 13.2 Å². The van der Waals surface area contributed by atoms with Crippen LogP contribution in [-0.4, -0.2) is 21.0 Å². The summed E-state index contributed by atoms with van der Waals surface area (Å²) in [5.74, 6) is -1.24. The van der Waals surface area contributed by atoms with Crippen molar-refractivity contribution in [2.75, 3.05) is 6.26 Å². The summed E-state index contributed by atoms with van der Waals surface area (Å²) in [6.45, 7) is 0.